The van der Waals surface area contributed by atoms with E-state index in [4.69, 9.17) is 0 Å². The summed E-state index contributed by atoms with van der Waals surface area (Å²) < 4.78 is 0. The average molecular weight is 416 g/mol. The van der Waals surface area contributed by atoms with Crippen LogP contribution in [-0.2, 0) is 6.42 Å². The summed E-state index contributed by atoms with van der Waals surface area (Å²) >= 11 is 0. The molecular weight excluding hydrogens is 386 g/mol. The van der Waals surface area contributed by atoms with Gasteiger partial charge in [0.05, 0.1) is 5.69 Å². The highest BCUT2D eigenvalue weighted by Crippen LogP contribution is 2.23. The predicted octanol–water partition coefficient (Wildman–Crippen LogP) is 4.68. The Bertz CT molecular complexity index is 1040. The van der Waals surface area contributed by atoms with Crippen LogP contribution in [0.2, 0.25) is 0 Å². The molecule has 1 aliphatic heterocycles. The van der Waals surface area contributed by atoms with E-state index in [1.54, 1.807) is 0 Å². The Kier molecular flexibility index (Phi) is 6.16. The lowest BCUT2D eigenvalue weighted by atomic mass is 10.0. The molecule has 0 saturated carbocycles. The number of aryl methyl sites for hydroxylation is 3. The molecule has 0 spiro atoms. The second kappa shape index (κ2) is 9.16. The van der Waals surface area contributed by atoms with Gasteiger partial charge >= 0.3 is 6.03 Å². The Morgan fingerprint density at radius 3 is 2.29 bits per heavy atom. The number of hydrogen-bond donors (Lipinski definition) is 1. The normalized spacial score (nSPS) is 13.9. The van der Waals surface area contributed by atoms with Crippen LogP contribution in [0.4, 0.5) is 16.3 Å². The maximum atomic E-state index is 12.6. The third-order valence-electron chi connectivity index (χ3n) is 5.81. The van der Waals surface area contributed by atoms with Gasteiger partial charge in [-0.1, -0.05) is 42.8 Å². The van der Waals surface area contributed by atoms with Gasteiger partial charge in [-0.3, -0.25) is 0 Å². The van der Waals surface area contributed by atoms with Crippen molar-refractivity contribution >= 4 is 17.5 Å². The molecule has 160 valence electrons. The highest BCUT2D eigenvalue weighted by atomic mass is 16.2. The van der Waals surface area contributed by atoms with Crippen LogP contribution in [0.5, 0.6) is 0 Å². The van der Waals surface area contributed by atoms with Gasteiger partial charge in [0.15, 0.2) is 5.82 Å². The molecule has 1 aliphatic rings. The highest BCUT2D eigenvalue weighted by Gasteiger charge is 2.22. The highest BCUT2D eigenvalue weighted by molar-refractivity contribution is 5.89. The third kappa shape index (κ3) is 4.85. The number of urea groups is 1. The Balaban J connectivity index is 1.34. The number of nitrogens with zero attached hydrogens (tertiary/aromatic N) is 4. The summed E-state index contributed by atoms with van der Waals surface area (Å²) in [5.74, 6) is 0.851. The molecule has 6 nitrogen and oxygen atoms in total. The monoisotopic (exact) mass is 415 g/mol. The van der Waals surface area contributed by atoms with Crippen LogP contribution < -0.4 is 10.2 Å². The van der Waals surface area contributed by atoms with Crippen molar-refractivity contribution in [2.75, 3.05) is 36.4 Å². The fraction of sp³-hybridized carbons (Fsp3) is 0.320. The summed E-state index contributed by atoms with van der Waals surface area (Å²) in [6, 6.07) is 18.4. The summed E-state index contributed by atoms with van der Waals surface area (Å²) in [6.45, 7) is 9.08. The minimum Gasteiger partial charge on any atom is -0.352 e. The molecule has 0 unspecified atom stereocenters. The first-order chi connectivity index (χ1) is 15.0. The quantitative estimate of drug-likeness (QED) is 0.672. The van der Waals surface area contributed by atoms with Gasteiger partial charge in [-0.15, -0.1) is 10.2 Å². The maximum Gasteiger partial charge on any atom is 0.321 e. The van der Waals surface area contributed by atoms with Gasteiger partial charge < -0.3 is 15.1 Å². The Hall–Kier alpha value is -3.41. The standard InChI is InChI=1S/C25H29N5O/c1-4-20-6-8-21(9-7-20)26-25(31)30-15-13-29(14-16-30)24-12-11-23(27-28-24)22-10-5-18(2)17-19(22)3/h5-12,17H,4,13-16H2,1-3H3,(H,26,31). The van der Waals surface area contributed by atoms with Crippen LogP contribution in [0.25, 0.3) is 11.3 Å². The molecule has 2 amide bonds. The number of rotatable bonds is 4. The van der Waals surface area contributed by atoms with Gasteiger partial charge in [0.25, 0.3) is 0 Å². The summed E-state index contributed by atoms with van der Waals surface area (Å²) in [7, 11) is 0. The third-order valence-corrected chi connectivity index (χ3v) is 5.81. The molecule has 0 bridgehead atoms. The van der Waals surface area contributed by atoms with E-state index < -0.39 is 0 Å². The smallest absolute Gasteiger partial charge is 0.321 e. The molecule has 2 heterocycles. The number of anilines is 2. The van der Waals surface area contributed by atoms with Gasteiger partial charge in [-0.2, -0.15) is 0 Å². The Morgan fingerprint density at radius 1 is 0.935 bits per heavy atom. The van der Waals surface area contributed by atoms with Gasteiger partial charge in [-0.05, 0) is 55.7 Å². The molecular formula is C25H29N5O. The summed E-state index contributed by atoms with van der Waals surface area (Å²) in [6.07, 6.45) is 0.991. The zero-order valence-corrected chi connectivity index (χ0v) is 18.4. The first-order valence-electron chi connectivity index (χ1n) is 10.8. The maximum absolute atomic E-state index is 12.6. The van der Waals surface area contributed by atoms with Gasteiger partial charge in [0, 0.05) is 37.4 Å². The van der Waals surface area contributed by atoms with E-state index in [1.807, 2.05) is 41.3 Å². The van der Waals surface area contributed by atoms with Crippen molar-refractivity contribution in [1.29, 1.82) is 0 Å². The molecule has 31 heavy (non-hydrogen) atoms. The molecule has 0 radical (unpaired) electrons. The molecule has 1 aromatic heterocycles. The second-order valence-corrected chi connectivity index (χ2v) is 8.05. The van der Waals surface area contributed by atoms with E-state index in [9.17, 15) is 4.79 Å². The molecule has 4 rings (SSSR count). The van der Waals surface area contributed by atoms with Crippen LogP contribution in [0, 0.1) is 13.8 Å². The summed E-state index contributed by atoms with van der Waals surface area (Å²) in [5, 5.41) is 11.9. The zero-order valence-electron chi connectivity index (χ0n) is 18.4. The van der Waals surface area contributed by atoms with Crippen LogP contribution >= 0.6 is 0 Å². The van der Waals surface area contributed by atoms with E-state index in [1.165, 1.54) is 16.7 Å². The number of carbonyl (C=O) groups is 1. The fourth-order valence-corrected chi connectivity index (χ4v) is 3.90. The van der Waals surface area contributed by atoms with Crippen molar-refractivity contribution in [3.05, 3.63) is 71.3 Å². The second-order valence-electron chi connectivity index (χ2n) is 8.05. The number of carbonyl (C=O) groups excluding carboxylic acids is 1. The lowest BCUT2D eigenvalue weighted by molar-refractivity contribution is 0.208. The average Bonchev–Trinajstić information content (AvgIpc) is 2.80. The predicted molar refractivity (Wildman–Crippen MR) is 126 cm³/mol. The van der Waals surface area contributed by atoms with Crippen LogP contribution in [0.15, 0.2) is 54.6 Å². The summed E-state index contributed by atoms with van der Waals surface area (Å²) in [5.41, 5.74) is 6.52. The van der Waals surface area contributed by atoms with Crippen LogP contribution in [0.3, 0.4) is 0 Å². The minimum absolute atomic E-state index is 0.0554. The van der Waals surface area contributed by atoms with E-state index in [0.717, 1.165) is 42.3 Å². The molecule has 3 aromatic rings. The zero-order chi connectivity index (χ0) is 21.8. The Labute approximate surface area is 183 Å². The topological polar surface area (TPSA) is 61.4 Å². The number of piperazine rings is 1. The molecule has 0 aliphatic carbocycles. The van der Waals surface area contributed by atoms with Crippen molar-refractivity contribution in [1.82, 2.24) is 15.1 Å². The number of benzene rings is 2. The largest absolute Gasteiger partial charge is 0.352 e. The first kappa shape index (κ1) is 20.8. The van der Waals surface area contributed by atoms with E-state index in [-0.39, 0.29) is 6.03 Å². The van der Waals surface area contributed by atoms with Crippen LogP contribution in [-0.4, -0.2) is 47.3 Å². The van der Waals surface area contributed by atoms with Crippen molar-refractivity contribution in [2.24, 2.45) is 0 Å². The van der Waals surface area contributed by atoms with Gasteiger partial charge in [0.1, 0.15) is 0 Å². The molecule has 2 aromatic carbocycles. The molecule has 1 fully saturated rings. The number of amides is 2. The van der Waals surface area contributed by atoms with Gasteiger partial charge in [-0.25, -0.2) is 4.79 Å². The van der Waals surface area contributed by atoms with Crippen molar-refractivity contribution in [3.63, 3.8) is 0 Å². The first-order valence-corrected chi connectivity index (χ1v) is 10.8. The number of nitrogens with one attached hydrogen (secondary N) is 1. The van der Waals surface area contributed by atoms with E-state index in [0.29, 0.717) is 13.1 Å². The van der Waals surface area contributed by atoms with E-state index >= 15 is 0 Å². The van der Waals surface area contributed by atoms with Crippen molar-refractivity contribution < 1.29 is 4.79 Å². The van der Waals surface area contributed by atoms with Crippen molar-refractivity contribution in [2.45, 2.75) is 27.2 Å². The molecule has 6 heteroatoms. The summed E-state index contributed by atoms with van der Waals surface area (Å²) in [4.78, 5) is 16.6. The molecule has 0 atom stereocenters. The van der Waals surface area contributed by atoms with E-state index in [2.05, 4.69) is 59.4 Å². The number of aromatic nitrogens is 2. The number of hydrogen-bond acceptors (Lipinski definition) is 4. The molecule has 1 N–H and O–H groups in total. The molecule has 1 saturated heterocycles. The minimum atomic E-state index is -0.0554. The van der Waals surface area contributed by atoms with Crippen molar-refractivity contribution in [3.8, 4) is 11.3 Å². The van der Waals surface area contributed by atoms with Gasteiger partial charge in [0.2, 0.25) is 0 Å². The SMILES string of the molecule is CCc1ccc(NC(=O)N2CCN(c3ccc(-c4ccc(C)cc4C)nn3)CC2)cc1. The Morgan fingerprint density at radius 2 is 1.68 bits per heavy atom. The lowest BCUT2D eigenvalue weighted by Crippen LogP contribution is -2.50. The van der Waals surface area contributed by atoms with Crippen LogP contribution in [0.1, 0.15) is 23.6 Å². The fourth-order valence-electron chi connectivity index (χ4n) is 3.90. The lowest BCUT2D eigenvalue weighted by Gasteiger charge is -2.35.